The molecule has 0 aromatic rings. The topological polar surface area (TPSA) is 35.9 Å². The third kappa shape index (κ3) is 3.30. The third-order valence-corrected chi connectivity index (χ3v) is 5.17. The second kappa shape index (κ2) is 6.53. The van der Waals surface area contributed by atoms with Crippen molar-refractivity contribution in [2.24, 2.45) is 0 Å². The van der Waals surface area contributed by atoms with E-state index in [1.807, 2.05) is 0 Å². The first-order valence-corrected chi connectivity index (χ1v) is 8.08. The van der Waals surface area contributed by atoms with E-state index in [0.717, 1.165) is 39.3 Å². The minimum Gasteiger partial charge on any atom is -0.391 e. The van der Waals surface area contributed by atoms with E-state index in [1.165, 1.54) is 38.6 Å². The van der Waals surface area contributed by atoms with Gasteiger partial charge in [0.15, 0.2) is 0 Å². The maximum absolute atomic E-state index is 10.3. The molecular weight excluding hydrogens is 240 g/mol. The third-order valence-electron chi connectivity index (χ3n) is 5.17. The summed E-state index contributed by atoms with van der Waals surface area (Å²) in [5, 5.41) is 10.3. The lowest BCUT2D eigenvalue weighted by molar-refractivity contribution is 0.0126. The van der Waals surface area contributed by atoms with Gasteiger partial charge in [0.1, 0.15) is 0 Å². The summed E-state index contributed by atoms with van der Waals surface area (Å²) in [7, 11) is 0. The first kappa shape index (κ1) is 13.8. The van der Waals surface area contributed by atoms with Crippen LogP contribution in [0, 0.1) is 0 Å². The fraction of sp³-hybridized carbons (Fsp3) is 1.00. The maximum Gasteiger partial charge on any atom is 0.0695 e. The molecule has 0 amide bonds. The Hall–Kier alpha value is -0.160. The molecule has 4 heteroatoms. The summed E-state index contributed by atoms with van der Waals surface area (Å²) in [5.41, 5.74) is 0. The van der Waals surface area contributed by atoms with Gasteiger partial charge in [0, 0.05) is 38.3 Å². The second-order valence-electron chi connectivity index (χ2n) is 6.36. The van der Waals surface area contributed by atoms with Crippen molar-refractivity contribution in [1.29, 1.82) is 0 Å². The van der Waals surface area contributed by atoms with Gasteiger partial charge in [-0.3, -0.25) is 9.80 Å². The highest BCUT2D eigenvalue weighted by Gasteiger charge is 2.35. The number of hydrogen-bond donors (Lipinski definition) is 1. The molecule has 4 nitrogen and oxygen atoms in total. The Kier molecular flexibility index (Phi) is 4.74. The molecule has 2 saturated heterocycles. The van der Waals surface area contributed by atoms with Gasteiger partial charge in [-0.15, -0.1) is 0 Å². The molecule has 0 bridgehead atoms. The number of aliphatic hydroxyl groups excluding tert-OH is 1. The Morgan fingerprint density at radius 3 is 2.47 bits per heavy atom. The van der Waals surface area contributed by atoms with E-state index < -0.39 is 0 Å². The number of likely N-dealkylation sites (tertiary alicyclic amines) is 1. The smallest absolute Gasteiger partial charge is 0.0695 e. The van der Waals surface area contributed by atoms with Crippen molar-refractivity contribution in [2.45, 2.75) is 56.7 Å². The molecule has 1 N–H and O–H groups in total. The molecule has 110 valence electrons. The van der Waals surface area contributed by atoms with Crippen molar-refractivity contribution in [1.82, 2.24) is 9.80 Å². The summed E-state index contributed by atoms with van der Waals surface area (Å²) in [6, 6.07) is 1.12. The van der Waals surface area contributed by atoms with E-state index in [9.17, 15) is 5.11 Å². The highest BCUT2D eigenvalue weighted by molar-refractivity contribution is 4.91. The van der Waals surface area contributed by atoms with Gasteiger partial charge in [-0.05, 0) is 19.3 Å². The van der Waals surface area contributed by atoms with Crippen molar-refractivity contribution in [3.8, 4) is 0 Å². The summed E-state index contributed by atoms with van der Waals surface area (Å²) in [5.74, 6) is 0. The number of rotatable bonds is 2. The predicted octanol–water partition coefficient (Wildman–Crippen LogP) is 1.09. The van der Waals surface area contributed by atoms with Crippen LogP contribution in [0.25, 0.3) is 0 Å². The molecule has 0 radical (unpaired) electrons. The van der Waals surface area contributed by atoms with Gasteiger partial charge >= 0.3 is 0 Å². The van der Waals surface area contributed by atoms with Crippen molar-refractivity contribution in [3.63, 3.8) is 0 Å². The Labute approximate surface area is 116 Å². The van der Waals surface area contributed by atoms with E-state index in [0.29, 0.717) is 12.1 Å². The Balaban J connectivity index is 1.55. The summed E-state index contributed by atoms with van der Waals surface area (Å²) in [6.07, 6.45) is 7.17. The van der Waals surface area contributed by atoms with Crippen LogP contribution in [0.4, 0.5) is 0 Å². The number of nitrogens with zero attached hydrogens (tertiary/aromatic N) is 2. The molecule has 1 saturated carbocycles. The molecule has 19 heavy (non-hydrogen) atoms. The van der Waals surface area contributed by atoms with Crippen molar-refractivity contribution in [2.75, 3.05) is 39.4 Å². The fourth-order valence-electron chi connectivity index (χ4n) is 4.00. The summed E-state index contributed by atoms with van der Waals surface area (Å²) in [4.78, 5) is 5.16. The van der Waals surface area contributed by atoms with Crippen LogP contribution in [0.5, 0.6) is 0 Å². The van der Waals surface area contributed by atoms with E-state index in [1.54, 1.807) is 0 Å². The van der Waals surface area contributed by atoms with Crippen molar-refractivity contribution >= 4 is 0 Å². The highest BCUT2D eigenvalue weighted by atomic mass is 16.5. The zero-order valence-electron chi connectivity index (χ0n) is 12.0. The largest absolute Gasteiger partial charge is 0.391 e. The monoisotopic (exact) mass is 268 g/mol. The molecule has 0 spiro atoms. The van der Waals surface area contributed by atoms with Crippen molar-refractivity contribution in [3.05, 3.63) is 0 Å². The SMILES string of the molecule is OC1CCCCCC1N1CCC(N2CCOCC2)C1. The lowest BCUT2D eigenvalue weighted by atomic mass is 10.0. The van der Waals surface area contributed by atoms with Crippen LogP contribution in [0.3, 0.4) is 0 Å². The molecule has 1 aliphatic carbocycles. The molecule has 3 unspecified atom stereocenters. The van der Waals surface area contributed by atoms with Crippen molar-refractivity contribution < 1.29 is 9.84 Å². The first-order valence-electron chi connectivity index (χ1n) is 8.08. The minimum atomic E-state index is -0.0917. The minimum absolute atomic E-state index is 0.0917. The van der Waals surface area contributed by atoms with Crippen LogP contribution in [-0.2, 0) is 4.74 Å². The van der Waals surface area contributed by atoms with Crippen LogP contribution in [0.1, 0.15) is 38.5 Å². The zero-order chi connectivity index (χ0) is 13.1. The van der Waals surface area contributed by atoms with E-state index >= 15 is 0 Å². The summed E-state index contributed by atoms with van der Waals surface area (Å²) >= 11 is 0. The molecule has 3 fully saturated rings. The number of aliphatic hydroxyl groups is 1. The van der Waals surface area contributed by atoms with Crippen LogP contribution in [0.2, 0.25) is 0 Å². The molecule has 3 aliphatic rings. The molecule has 3 atom stereocenters. The standard InChI is InChI=1S/C15H28N2O2/c18-15-5-3-1-2-4-14(15)17-7-6-13(12-17)16-8-10-19-11-9-16/h13-15,18H,1-12H2. The molecule has 0 aromatic heterocycles. The molecule has 2 heterocycles. The van der Waals surface area contributed by atoms with Gasteiger partial charge in [0.2, 0.25) is 0 Å². The molecule has 0 aromatic carbocycles. The average molecular weight is 268 g/mol. The zero-order valence-corrected chi connectivity index (χ0v) is 12.0. The Morgan fingerprint density at radius 1 is 0.842 bits per heavy atom. The lowest BCUT2D eigenvalue weighted by Crippen LogP contribution is -2.47. The number of morpholine rings is 1. The van der Waals surface area contributed by atoms with E-state index in [-0.39, 0.29) is 6.10 Å². The van der Waals surface area contributed by atoms with Gasteiger partial charge in [0.05, 0.1) is 19.3 Å². The summed E-state index contributed by atoms with van der Waals surface area (Å²) < 4.78 is 5.44. The van der Waals surface area contributed by atoms with Gasteiger partial charge in [-0.1, -0.05) is 19.3 Å². The van der Waals surface area contributed by atoms with E-state index in [4.69, 9.17) is 4.74 Å². The molecule has 3 rings (SSSR count). The first-order chi connectivity index (χ1) is 9.34. The Morgan fingerprint density at radius 2 is 1.63 bits per heavy atom. The second-order valence-corrected chi connectivity index (χ2v) is 6.36. The fourth-order valence-corrected chi connectivity index (χ4v) is 4.00. The number of ether oxygens (including phenoxy) is 1. The van der Waals surface area contributed by atoms with Gasteiger partial charge in [-0.25, -0.2) is 0 Å². The predicted molar refractivity (Wildman–Crippen MR) is 75.2 cm³/mol. The summed E-state index contributed by atoms with van der Waals surface area (Å²) in [6.45, 7) is 6.29. The van der Waals surface area contributed by atoms with Gasteiger partial charge in [0.25, 0.3) is 0 Å². The molecule has 2 aliphatic heterocycles. The van der Waals surface area contributed by atoms with E-state index in [2.05, 4.69) is 9.80 Å². The van der Waals surface area contributed by atoms with Crippen LogP contribution in [0.15, 0.2) is 0 Å². The van der Waals surface area contributed by atoms with Crippen LogP contribution in [-0.4, -0.2) is 72.5 Å². The normalized spacial score (nSPS) is 39.3. The lowest BCUT2D eigenvalue weighted by Gasteiger charge is -2.34. The molecular formula is C15H28N2O2. The van der Waals surface area contributed by atoms with Crippen LogP contribution >= 0.6 is 0 Å². The highest BCUT2D eigenvalue weighted by Crippen LogP contribution is 2.27. The Bertz CT molecular complexity index is 281. The van der Waals surface area contributed by atoms with Gasteiger partial charge < -0.3 is 9.84 Å². The number of hydrogen-bond acceptors (Lipinski definition) is 4. The maximum atomic E-state index is 10.3. The van der Waals surface area contributed by atoms with Gasteiger partial charge in [-0.2, -0.15) is 0 Å². The quantitative estimate of drug-likeness (QED) is 0.761. The average Bonchev–Trinajstić information content (AvgIpc) is 2.83. The van der Waals surface area contributed by atoms with Crippen LogP contribution < -0.4 is 0 Å².